The maximum absolute atomic E-state index is 12.5. The number of aryl methyl sites for hydroxylation is 1. The summed E-state index contributed by atoms with van der Waals surface area (Å²) >= 11 is 0. The lowest BCUT2D eigenvalue weighted by molar-refractivity contribution is -0.140. The molecule has 1 N–H and O–H groups in total. The van der Waals surface area contributed by atoms with E-state index >= 15 is 0 Å². The molecule has 198 valence electrons. The number of rotatable bonds is 8. The zero-order valence-corrected chi connectivity index (χ0v) is 22.1. The molecule has 6 nitrogen and oxygen atoms in total. The average Bonchev–Trinajstić information content (AvgIpc) is 3.22. The van der Waals surface area contributed by atoms with Crippen molar-refractivity contribution >= 4 is 33.6 Å². The molecule has 1 aliphatic rings. The fraction of sp³-hybridized carbons (Fsp3) is 0.375. The minimum atomic E-state index is -0.265. The quantitative estimate of drug-likeness (QED) is 0.207. The fourth-order valence-corrected chi connectivity index (χ4v) is 5.55. The number of furan rings is 1. The number of carbonyl (C=O) groups is 2. The molecule has 5 rings (SSSR count). The Hall–Kier alpha value is -3.80. The van der Waals surface area contributed by atoms with E-state index in [0.717, 1.165) is 51.3 Å². The number of carbonyl (C=O) groups excluding carboxylic acids is 2. The first-order valence-corrected chi connectivity index (χ1v) is 13.5. The van der Waals surface area contributed by atoms with Crippen molar-refractivity contribution in [3.05, 3.63) is 77.6 Å². The molecule has 1 heterocycles. The van der Waals surface area contributed by atoms with E-state index in [1.54, 1.807) is 6.26 Å². The molecule has 1 unspecified atom stereocenters. The van der Waals surface area contributed by atoms with Gasteiger partial charge in [-0.05, 0) is 77.6 Å². The van der Waals surface area contributed by atoms with Crippen molar-refractivity contribution in [3.8, 4) is 5.75 Å². The van der Waals surface area contributed by atoms with Gasteiger partial charge in [0.05, 0.1) is 19.8 Å². The Morgan fingerprint density at radius 1 is 0.947 bits per heavy atom. The highest BCUT2D eigenvalue weighted by Gasteiger charge is 2.22. The largest absolute Gasteiger partial charge is 0.484 e. The van der Waals surface area contributed by atoms with Crippen LogP contribution in [0.2, 0.25) is 0 Å². The van der Waals surface area contributed by atoms with Crippen LogP contribution in [0.3, 0.4) is 0 Å². The third-order valence-electron chi connectivity index (χ3n) is 7.64. The van der Waals surface area contributed by atoms with Crippen LogP contribution in [0, 0.1) is 6.92 Å². The number of fused-ring (bicyclic) bond motifs is 2. The van der Waals surface area contributed by atoms with E-state index in [0.29, 0.717) is 5.75 Å². The summed E-state index contributed by atoms with van der Waals surface area (Å²) < 4.78 is 16.5. The second-order valence-electron chi connectivity index (χ2n) is 10.3. The number of nitrogens with one attached hydrogen (secondary N) is 1. The third kappa shape index (κ3) is 6.01. The molecule has 1 fully saturated rings. The van der Waals surface area contributed by atoms with E-state index in [1.807, 2.05) is 37.3 Å². The Morgan fingerprint density at radius 2 is 1.74 bits per heavy atom. The number of amides is 1. The minimum Gasteiger partial charge on any atom is -0.484 e. The van der Waals surface area contributed by atoms with Crippen LogP contribution < -0.4 is 10.1 Å². The molecule has 0 spiro atoms. The van der Waals surface area contributed by atoms with Gasteiger partial charge in [-0.2, -0.15) is 0 Å². The van der Waals surface area contributed by atoms with E-state index < -0.39 is 0 Å². The number of benzene rings is 3. The summed E-state index contributed by atoms with van der Waals surface area (Å²) in [7, 11) is 1.42. The van der Waals surface area contributed by atoms with Crippen molar-refractivity contribution in [2.45, 2.75) is 63.8 Å². The van der Waals surface area contributed by atoms with E-state index in [4.69, 9.17) is 13.9 Å². The lowest BCUT2D eigenvalue weighted by Gasteiger charge is -2.20. The molecule has 0 radical (unpaired) electrons. The van der Waals surface area contributed by atoms with Crippen LogP contribution in [-0.4, -0.2) is 31.6 Å². The Labute approximate surface area is 223 Å². The minimum absolute atomic E-state index is 0.00340. The highest BCUT2D eigenvalue weighted by atomic mass is 16.5. The summed E-state index contributed by atoms with van der Waals surface area (Å²) in [6.07, 6.45) is 8.84. The van der Waals surface area contributed by atoms with Gasteiger partial charge in [-0.3, -0.25) is 9.59 Å². The van der Waals surface area contributed by atoms with Gasteiger partial charge in [0, 0.05) is 17.3 Å². The third-order valence-corrected chi connectivity index (χ3v) is 7.64. The Morgan fingerprint density at radius 3 is 2.53 bits per heavy atom. The molecule has 0 saturated heterocycles. The summed E-state index contributed by atoms with van der Waals surface area (Å²) in [4.78, 5) is 24.9. The number of ether oxygens (including phenoxy) is 2. The molecule has 1 amide bonds. The van der Waals surface area contributed by atoms with Crippen LogP contribution in [0.25, 0.3) is 21.7 Å². The van der Waals surface area contributed by atoms with Crippen LogP contribution in [0.5, 0.6) is 5.75 Å². The highest BCUT2D eigenvalue weighted by molar-refractivity contribution is 5.86. The zero-order valence-electron chi connectivity index (χ0n) is 22.1. The van der Waals surface area contributed by atoms with Crippen molar-refractivity contribution in [3.63, 3.8) is 0 Å². The molecule has 6 heteroatoms. The smallest absolute Gasteiger partial charge is 0.306 e. The van der Waals surface area contributed by atoms with Gasteiger partial charge in [-0.1, -0.05) is 49.9 Å². The van der Waals surface area contributed by atoms with Crippen molar-refractivity contribution in [1.82, 2.24) is 5.32 Å². The predicted octanol–water partition coefficient (Wildman–Crippen LogP) is 6.81. The molecule has 0 bridgehead atoms. The summed E-state index contributed by atoms with van der Waals surface area (Å²) in [6, 6.07) is 18.4. The molecule has 38 heavy (non-hydrogen) atoms. The van der Waals surface area contributed by atoms with Gasteiger partial charge >= 0.3 is 5.97 Å². The summed E-state index contributed by atoms with van der Waals surface area (Å²) in [5, 5.41) is 6.18. The summed E-state index contributed by atoms with van der Waals surface area (Å²) in [5.74, 6) is 0.125. The fourth-order valence-electron chi connectivity index (χ4n) is 5.55. The number of esters is 1. The monoisotopic (exact) mass is 513 g/mol. The SMILES string of the molecule is COC(=O)CC(c1ccc2ccc(OCC(=O)NC3CCCCCC3)cc2c1)c1cc2ccoc2cc1C. The highest BCUT2D eigenvalue weighted by Crippen LogP contribution is 2.35. The zero-order chi connectivity index (χ0) is 26.5. The van der Waals surface area contributed by atoms with Gasteiger partial charge in [-0.15, -0.1) is 0 Å². The van der Waals surface area contributed by atoms with Crippen LogP contribution in [0.15, 0.2) is 65.3 Å². The lowest BCUT2D eigenvalue weighted by Crippen LogP contribution is -2.37. The normalized spacial score (nSPS) is 15.2. The maximum Gasteiger partial charge on any atom is 0.306 e. The second kappa shape index (κ2) is 11.7. The van der Waals surface area contributed by atoms with Gasteiger partial charge in [0.1, 0.15) is 11.3 Å². The summed E-state index contributed by atoms with van der Waals surface area (Å²) in [6.45, 7) is 2.03. The molecule has 3 aromatic carbocycles. The molecule has 1 aliphatic carbocycles. The van der Waals surface area contributed by atoms with E-state index in [1.165, 1.54) is 32.8 Å². The van der Waals surface area contributed by atoms with E-state index in [2.05, 4.69) is 29.6 Å². The molecular formula is C32H35NO5. The first kappa shape index (κ1) is 25.8. The molecule has 4 aromatic rings. The first-order chi connectivity index (χ1) is 18.5. The van der Waals surface area contributed by atoms with Gasteiger partial charge in [-0.25, -0.2) is 0 Å². The van der Waals surface area contributed by atoms with Crippen LogP contribution in [-0.2, 0) is 14.3 Å². The van der Waals surface area contributed by atoms with E-state index in [-0.39, 0.29) is 36.9 Å². The van der Waals surface area contributed by atoms with Crippen molar-refractivity contribution in [1.29, 1.82) is 0 Å². The molecule has 0 aliphatic heterocycles. The number of hydrogen-bond donors (Lipinski definition) is 1. The maximum atomic E-state index is 12.5. The van der Waals surface area contributed by atoms with Crippen LogP contribution in [0.1, 0.15) is 67.6 Å². The topological polar surface area (TPSA) is 77.8 Å². The molecular weight excluding hydrogens is 478 g/mol. The van der Waals surface area contributed by atoms with Gasteiger partial charge in [0.15, 0.2) is 6.61 Å². The lowest BCUT2D eigenvalue weighted by atomic mass is 9.84. The van der Waals surface area contributed by atoms with Gasteiger partial charge in [0.2, 0.25) is 0 Å². The molecule has 1 aromatic heterocycles. The van der Waals surface area contributed by atoms with Crippen molar-refractivity contribution in [2.75, 3.05) is 13.7 Å². The van der Waals surface area contributed by atoms with E-state index in [9.17, 15) is 9.59 Å². The number of hydrogen-bond acceptors (Lipinski definition) is 5. The van der Waals surface area contributed by atoms with Crippen LogP contribution >= 0.6 is 0 Å². The predicted molar refractivity (Wildman–Crippen MR) is 149 cm³/mol. The Balaban J connectivity index is 1.37. The van der Waals surface area contributed by atoms with Gasteiger partial charge < -0.3 is 19.2 Å². The van der Waals surface area contributed by atoms with Crippen molar-refractivity contribution < 1.29 is 23.5 Å². The Bertz CT molecular complexity index is 1430. The van der Waals surface area contributed by atoms with Gasteiger partial charge in [0.25, 0.3) is 5.91 Å². The van der Waals surface area contributed by atoms with Crippen molar-refractivity contribution in [2.24, 2.45) is 0 Å². The standard InChI is InChI=1S/C32H35NO5/c1-21-15-30-24(13-14-37-30)18-28(21)29(19-32(35)36-2)23-10-9-22-11-12-27(17-25(22)16-23)38-20-31(34)33-26-7-5-3-4-6-8-26/h9-18,26,29H,3-8,19-20H2,1-2H3,(H,33,34). The number of methoxy groups -OCH3 is 1. The Kier molecular flexibility index (Phi) is 7.97. The first-order valence-electron chi connectivity index (χ1n) is 13.5. The average molecular weight is 514 g/mol. The van der Waals surface area contributed by atoms with Crippen LogP contribution in [0.4, 0.5) is 0 Å². The summed E-state index contributed by atoms with van der Waals surface area (Å²) in [5.41, 5.74) is 3.95. The molecule has 1 saturated carbocycles. The molecule has 1 atom stereocenters. The second-order valence-corrected chi connectivity index (χ2v) is 10.3.